The van der Waals surface area contributed by atoms with Crippen LogP contribution in [0.3, 0.4) is 0 Å². The number of ether oxygens (including phenoxy) is 1. The first kappa shape index (κ1) is 14.5. The summed E-state index contributed by atoms with van der Waals surface area (Å²) >= 11 is 0. The minimum Gasteiger partial charge on any atom is -0.468 e. The third-order valence-corrected chi connectivity index (χ3v) is 3.07. The molecule has 1 aromatic carbocycles. The lowest BCUT2D eigenvalue weighted by Crippen LogP contribution is -2.45. The number of esters is 1. The number of nitrogens with one attached hydrogen (secondary N) is 1. The fraction of sp³-hybridized carbons (Fsp3) is 0.500. The molecule has 0 radical (unpaired) electrons. The molecular weight excluding hydrogens is 228 g/mol. The highest BCUT2D eigenvalue weighted by Crippen LogP contribution is 2.19. The van der Waals surface area contributed by atoms with Crippen LogP contribution in [0.2, 0.25) is 0 Å². The van der Waals surface area contributed by atoms with Crippen molar-refractivity contribution in [1.29, 1.82) is 0 Å². The van der Waals surface area contributed by atoms with E-state index < -0.39 is 0 Å². The van der Waals surface area contributed by atoms with Gasteiger partial charge in [-0.25, -0.2) is 0 Å². The zero-order chi connectivity index (χ0) is 13.5. The van der Waals surface area contributed by atoms with Crippen LogP contribution < -0.4 is 10.2 Å². The summed E-state index contributed by atoms with van der Waals surface area (Å²) in [6.07, 6.45) is 0. The number of anilines is 1. The van der Waals surface area contributed by atoms with E-state index in [2.05, 4.69) is 36.2 Å². The summed E-state index contributed by atoms with van der Waals surface area (Å²) < 4.78 is 4.79. The van der Waals surface area contributed by atoms with Gasteiger partial charge < -0.3 is 15.0 Å². The molecule has 1 aromatic rings. The molecule has 4 nitrogen and oxygen atoms in total. The van der Waals surface area contributed by atoms with Crippen molar-refractivity contribution in [3.8, 4) is 0 Å². The zero-order valence-corrected chi connectivity index (χ0v) is 11.6. The molecule has 1 atom stereocenters. The van der Waals surface area contributed by atoms with Gasteiger partial charge in [0.1, 0.15) is 6.04 Å². The van der Waals surface area contributed by atoms with Gasteiger partial charge in [0.2, 0.25) is 0 Å². The van der Waals surface area contributed by atoms with Crippen molar-refractivity contribution in [2.45, 2.75) is 19.9 Å². The summed E-state index contributed by atoms with van der Waals surface area (Å²) in [5.74, 6) is -0.232. The third-order valence-electron chi connectivity index (χ3n) is 3.07. The zero-order valence-electron chi connectivity index (χ0n) is 11.6. The van der Waals surface area contributed by atoms with E-state index in [1.54, 1.807) is 7.05 Å². The summed E-state index contributed by atoms with van der Waals surface area (Å²) in [5, 5.41) is 2.99. The first-order valence-electron chi connectivity index (χ1n) is 6.19. The molecule has 0 aromatic heterocycles. The van der Waals surface area contributed by atoms with Crippen molar-refractivity contribution in [3.05, 3.63) is 29.8 Å². The van der Waals surface area contributed by atoms with Crippen molar-refractivity contribution in [2.24, 2.45) is 0 Å². The second-order valence-electron chi connectivity index (χ2n) is 4.19. The summed E-state index contributed by atoms with van der Waals surface area (Å²) in [7, 11) is 3.18. The van der Waals surface area contributed by atoms with Gasteiger partial charge in [-0.1, -0.05) is 18.2 Å². The van der Waals surface area contributed by atoms with Gasteiger partial charge in [0.05, 0.1) is 7.11 Å². The van der Waals surface area contributed by atoms with Crippen molar-refractivity contribution < 1.29 is 9.53 Å². The van der Waals surface area contributed by atoms with Gasteiger partial charge in [-0.3, -0.25) is 4.79 Å². The van der Waals surface area contributed by atoms with Gasteiger partial charge in [0.15, 0.2) is 0 Å². The Labute approximate surface area is 109 Å². The van der Waals surface area contributed by atoms with Gasteiger partial charge >= 0.3 is 5.97 Å². The van der Waals surface area contributed by atoms with Gasteiger partial charge in [0.25, 0.3) is 0 Å². The molecule has 0 saturated carbocycles. The van der Waals surface area contributed by atoms with E-state index in [-0.39, 0.29) is 12.0 Å². The van der Waals surface area contributed by atoms with Crippen molar-refractivity contribution >= 4 is 11.7 Å². The number of aryl methyl sites for hydroxylation is 1. The smallest absolute Gasteiger partial charge is 0.324 e. The van der Waals surface area contributed by atoms with Crippen LogP contribution in [-0.4, -0.2) is 39.3 Å². The summed E-state index contributed by atoms with van der Waals surface area (Å²) in [5.41, 5.74) is 2.36. The first-order valence-corrected chi connectivity index (χ1v) is 6.19. The minimum absolute atomic E-state index is 0.232. The molecule has 0 fully saturated rings. The van der Waals surface area contributed by atoms with Crippen LogP contribution in [0, 0.1) is 6.92 Å². The maximum Gasteiger partial charge on any atom is 0.324 e. The Morgan fingerprint density at radius 3 is 2.61 bits per heavy atom. The number of hydrogen-bond donors (Lipinski definition) is 1. The van der Waals surface area contributed by atoms with E-state index >= 15 is 0 Å². The van der Waals surface area contributed by atoms with Crippen LogP contribution in [-0.2, 0) is 9.53 Å². The lowest BCUT2D eigenvalue weighted by molar-refractivity contribution is -0.142. The second-order valence-corrected chi connectivity index (χ2v) is 4.19. The topological polar surface area (TPSA) is 41.6 Å². The second kappa shape index (κ2) is 7.01. The molecule has 1 N–H and O–H groups in total. The Hall–Kier alpha value is -1.55. The Bertz CT molecular complexity index is 393. The van der Waals surface area contributed by atoms with Crippen LogP contribution in [0.1, 0.15) is 12.5 Å². The molecule has 0 aliphatic rings. The number of likely N-dealkylation sites (N-methyl/N-ethyl adjacent to an activating group) is 2. The molecule has 0 heterocycles. The van der Waals surface area contributed by atoms with Gasteiger partial charge in [-0.15, -0.1) is 0 Å². The Balaban J connectivity index is 2.84. The van der Waals surface area contributed by atoms with Crippen molar-refractivity contribution in [3.63, 3.8) is 0 Å². The predicted octanol–water partition coefficient (Wildman–Crippen LogP) is 1.58. The largest absolute Gasteiger partial charge is 0.468 e. The number of para-hydroxylation sites is 1. The number of carbonyl (C=O) groups is 1. The standard InChI is InChI=1S/C14H22N2O2/c1-5-16(10-12(15-3)14(17)18-4)13-9-7-6-8-11(13)2/h6-9,12,15H,5,10H2,1-4H3. The molecule has 0 aliphatic carbocycles. The highest BCUT2D eigenvalue weighted by molar-refractivity contribution is 5.76. The van der Waals surface area contributed by atoms with E-state index in [0.29, 0.717) is 6.54 Å². The Morgan fingerprint density at radius 1 is 1.44 bits per heavy atom. The van der Waals surface area contributed by atoms with Crippen molar-refractivity contribution in [1.82, 2.24) is 5.32 Å². The number of carbonyl (C=O) groups excluding carboxylic acids is 1. The molecule has 0 saturated heterocycles. The van der Waals surface area contributed by atoms with Crippen molar-refractivity contribution in [2.75, 3.05) is 32.1 Å². The Kier molecular flexibility index (Phi) is 5.65. The fourth-order valence-electron chi connectivity index (χ4n) is 1.96. The third kappa shape index (κ3) is 3.47. The molecule has 4 heteroatoms. The molecule has 100 valence electrons. The highest BCUT2D eigenvalue weighted by Gasteiger charge is 2.20. The molecular formula is C14H22N2O2. The van der Waals surface area contributed by atoms with Gasteiger partial charge in [-0.2, -0.15) is 0 Å². The number of methoxy groups -OCH3 is 1. The summed E-state index contributed by atoms with van der Waals surface area (Å²) in [6, 6.07) is 7.86. The first-order chi connectivity index (χ1) is 8.63. The summed E-state index contributed by atoms with van der Waals surface area (Å²) in [6.45, 7) is 5.60. The molecule has 0 spiro atoms. The maximum atomic E-state index is 11.6. The van der Waals surface area contributed by atoms with Crippen LogP contribution >= 0.6 is 0 Å². The number of benzene rings is 1. The molecule has 0 bridgehead atoms. The van der Waals surface area contributed by atoms with Crippen LogP contribution in [0.5, 0.6) is 0 Å². The highest BCUT2D eigenvalue weighted by atomic mass is 16.5. The lowest BCUT2D eigenvalue weighted by atomic mass is 10.1. The minimum atomic E-state index is -0.311. The van der Waals surface area contributed by atoms with Crippen LogP contribution in [0.4, 0.5) is 5.69 Å². The van der Waals surface area contributed by atoms with E-state index in [1.165, 1.54) is 12.7 Å². The van der Waals surface area contributed by atoms with E-state index in [9.17, 15) is 4.79 Å². The normalized spacial score (nSPS) is 12.0. The van der Waals surface area contributed by atoms with E-state index in [4.69, 9.17) is 4.74 Å². The Morgan fingerprint density at radius 2 is 2.11 bits per heavy atom. The number of rotatable bonds is 6. The molecule has 18 heavy (non-hydrogen) atoms. The molecule has 1 rings (SSSR count). The van der Waals surface area contributed by atoms with E-state index in [1.807, 2.05) is 12.1 Å². The number of nitrogens with zero attached hydrogens (tertiary/aromatic N) is 1. The average Bonchev–Trinajstić information content (AvgIpc) is 2.40. The van der Waals surface area contributed by atoms with Crippen LogP contribution in [0.15, 0.2) is 24.3 Å². The maximum absolute atomic E-state index is 11.6. The van der Waals surface area contributed by atoms with E-state index in [0.717, 1.165) is 12.2 Å². The monoisotopic (exact) mass is 250 g/mol. The summed E-state index contributed by atoms with van der Waals surface area (Å²) in [4.78, 5) is 13.8. The predicted molar refractivity (Wildman–Crippen MR) is 73.9 cm³/mol. The van der Waals surface area contributed by atoms with Gasteiger partial charge in [-0.05, 0) is 32.5 Å². The number of hydrogen-bond acceptors (Lipinski definition) is 4. The average molecular weight is 250 g/mol. The fourth-order valence-corrected chi connectivity index (χ4v) is 1.96. The SMILES string of the molecule is CCN(CC(NC)C(=O)OC)c1ccccc1C. The lowest BCUT2D eigenvalue weighted by Gasteiger charge is -2.28. The molecule has 0 amide bonds. The molecule has 0 aliphatic heterocycles. The van der Waals surface area contributed by atoms with Gasteiger partial charge in [0, 0.05) is 18.8 Å². The quantitative estimate of drug-likeness (QED) is 0.778. The van der Waals surface area contributed by atoms with Crippen LogP contribution in [0.25, 0.3) is 0 Å². The molecule has 1 unspecified atom stereocenters.